The van der Waals surface area contributed by atoms with E-state index in [0.29, 0.717) is 6.42 Å². The summed E-state index contributed by atoms with van der Waals surface area (Å²) in [4.78, 5) is 12.1. The van der Waals surface area contributed by atoms with Gasteiger partial charge in [0.1, 0.15) is 6.23 Å². The lowest BCUT2D eigenvalue weighted by Crippen LogP contribution is -2.51. The molecule has 0 aromatic heterocycles. The van der Waals surface area contributed by atoms with Crippen molar-refractivity contribution in [1.29, 1.82) is 0 Å². The van der Waals surface area contributed by atoms with Crippen LogP contribution in [0.1, 0.15) is 79.1 Å². The lowest BCUT2D eigenvalue weighted by Gasteiger charge is -2.29. The van der Waals surface area contributed by atoms with Crippen molar-refractivity contribution in [2.45, 2.75) is 97.4 Å². The minimum Gasteiger partial charge on any atom is -0.367 e. The van der Waals surface area contributed by atoms with E-state index in [4.69, 9.17) is 4.74 Å². The van der Waals surface area contributed by atoms with Crippen LogP contribution in [0.25, 0.3) is 0 Å². The van der Waals surface area contributed by atoms with E-state index in [-0.39, 0.29) is 24.2 Å². The first-order chi connectivity index (χ1) is 10.1. The van der Waals surface area contributed by atoms with Crippen LogP contribution in [-0.2, 0) is 9.53 Å². The van der Waals surface area contributed by atoms with Crippen molar-refractivity contribution in [2.24, 2.45) is 0 Å². The second kappa shape index (κ2) is 13.1. The van der Waals surface area contributed by atoms with Gasteiger partial charge in [-0.1, -0.05) is 46.5 Å². The number of hydrogen-bond donors (Lipinski definition) is 2. The zero-order valence-corrected chi connectivity index (χ0v) is 14.7. The van der Waals surface area contributed by atoms with Crippen LogP contribution >= 0.6 is 0 Å². The van der Waals surface area contributed by atoms with Crippen LogP contribution in [0.3, 0.4) is 0 Å². The molecule has 0 radical (unpaired) electrons. The molecule has 0 heterocycles. The molecule has 3 unspecified atom stereocenters. The van der Waals surface area contributed by atoms with E-state index >= 15 is 0 Å². The zero-order valence-electron chi connectivity index (χ0n) is 14.7. The lowest BCUT2D eigenvalue weighted by molar-refractivity contribution is -0.122. The molecule has 21 heavy (non-hydrogen) atoms. The average molecular weight is 300 g/mol. The SMILES string of the molecule is CCCCCCC(=O)NC(CCC)C(C)NC(CC)OC. The Kier molecular flexibility index (Phi) is 12.7. The number of hydrogen-bond acceptors (Lipinski definition) is 3. The number of rotatable bonds is 13. The molecule has 4 nitrogen and oxygen atoms in total. The Balaban J connectivity index is 4.23. The van der Waals surface area contributed by atoms with E-state index in [1.54, 1.807) is 7.11 Å². The predicted molar refractivity (Wildman–Crippen MR) is 89.3 cm³/mol. The molecule has 0 aliphatic heterocycles. The molecule has 0 aromatic rings. The topological polar surface area (TPSA) is 50.4 Å². The maximum atomic E-state index is 12.1. The Hall–Kier alpha value is -0.610. The maximum absolute atomic E-state index is 12.1. The minimum absolute atomic E-state index is 0.0563. The number of amides is 1. The van der Waals surface area contributed by atoms with Gasteiger partial charge in [-0.25, -0.2) is 0 Å². The Morgan fingerprint density at radius 3 is 2.33 bits per heavy atom. The number of carbonyl (C=O) groups is 1. The molecular formula is C17H36N2O2. The van der Waals surface area contributed by atoms with Crippen LogP contribution < -0.4 is 10.6 Å². The summed E-state index contributed by atoms with van der Waals surface area (Å²) in [5.41, 5.74) is 0. The summed E-state index contributed by atoms with van der Waals surface area (Å²) in [5, 5.41) is 6.64. The van der Waals surface area contributed by atoms with Crippen molar-refractivity contribution in [3.05, 3.63) is 0 Å². The van der Waals surface area contributed by atoms with Gasteiger partial charge in [-0.2, -0.15) is 0 Å². The third kappa shape index (κ3) is 9.86. The van der Waals surface area contributed by atoms with Crippen molar-refractivity contribution in [1.82, 2.24) is 10.6 Å². The van der Waals surface area contributed by atoms with Crippen LogP contribution in [0.5, 0.6) is 0 Å². The Labute approximate surface area is 131 Å². The molecule has 0 aromatic carbocycles. The predicted octanol–water partition coefficient (Wildman–Crippen LogP) is 3.60. The molecule has 0 bridgehead atoms. The summed E-state index contributed by atoms with van der Waals surface area (Å²) >= 11 is 0. The van der Waals surface area contributed by atoms with Crippen LogP contribution in [0.4, 0.5) is 0 Å². The molecule has 2 N–H and O–H groups in total. The van der Waals surface area contributed by atoms with Crippen LogP contribution in [0.15, 0.2) is 0 Å². The monoisotopic (exact) mass is 300 g/mol. The van der Waals surface area contributed by atoms with Crippen molar-refractivity contribution in [3.63, 3.8) is 0 Å². The highest BCUT2D eigenvalue weighted by Crippen LogP contribution is 2.07. The van der Waals surface area contributed by atoms with Crippen molar-refractivity contribution < 1.29 is 9.53 Å². The van der Waals surface area contributed by atoms with Gasteiger partial charge >= 0.3 is 0 Å². The van der Waals surface area contributed by atoms with Crippen molar-refractivity contribution in [2.75, 3.05) is 7.11 Å². The summed E-state index contributed by atoms with van der Waals surface area (Å²) in [6.45, 7) is 8.56. The van der Waals surface area contributed by atoms with Crippen LogP contribution in [0, 0.1) is 0 Å². The molecular weight excluding hydrogens is 264 g/mol. The van der Waals surface area contributed by atoms with Crippen LogP contribution in [-0.4, -0.2) is 31.3 Å². The molecule has 4 heteroatoms. The Bertz CT molecular complexity index is 255. The number of nitrogens with one attached hydrogen (secondary N) is 2. The van der Waals surface area contributed by atoms with E-state index < -0.39 is 0 Å². The number of unbranched alkanes of at least 4 members (excludes halogenated alkanes) is 3. The van der Waals surface area contributed by atoms with Gasteiger partial charge in [0.05, 0.1) is 0 Å². The number of methoxy groups -OCH3 is 1. The normalized spacial score (nSPS) is 15.5. The first-order valence-electron chi connectivity index (χ1n) is 8.67. The molecule has 0 saturated heterocycles. The van der Waals surface area contributed by atoms with Crippen molar-refractivity contribution >= 4 is 5.91 Å². The van der Waals surface area contributed by atoms with Gasteiger partial charge in [0.15, 0.2) is 0 Å². The molecule has 3 atom stereocenters. The van der Waals surface area contributed by atoms with Gasteiger partial charge in [0.25, 0.3) is 0 Å². The van der Waals surface area contributed by atoms with Gasteiger partial charge in [0, 0.05) is 25.6 Å². The molecule has 0 saturated carbocycles. The van der Waals surface area contributed by atoms with E-state index in [1.165, 1.54) is 12.8 Å². The summed E-state index contributed by atoms with van der Waals surface area (Å²) in [5.74, 6) is 0.184. The highest BCUT2D eigenvalue weighted by Gasteiger charge is 2.20. The fourth-order valence-electron chi connectivity index (χ4n) is 2.51. The van der Waals surface area contributed by atoms with E-state index in [0.717, 1.165) is 32.1 Å². The lowest BCUT2D eigenvalue weighted by atomic mass is 10.0. The van der Waals surface area contributed by atoms with Gasteiger partial charge in [-0.05, 0) is 26.2 Å². The zero-order chi connectivity index (χ0) is 16.1. The molecule has 0 fully saturated rings. The summed E-state index contributed by atoms with van der Waals surface area (Å²) < 4.78 is 5.37. The van der Waals surface area contributed by atoms with Gasteiger partial charge in [0.2, 0.25) is 5.91 Å². The standard InChI is InChI=1S/C17H36N2O2/c1-6-9-10-11-13-16(20)19-15(12-7-2)14(4)18-17(8-3)21-5/h14-15,17-18H,6-13H2,1-5H3,(H,19,20). The minimum atomic E-state index is 0.0563. The Morgan fingerprint density at radius 1 is 1.10 bits per heavy atom. The second-order valence-electron chi connectivity index (χ2n) is 5.86. The first kappa shape index (κ1) is 20.4. The molecule has 0 rings (SSSR count). The van der Waals surface area contributed by atoms with E-state index in [1.807, 2.05) is 0 Å². The molecule has 0 spiro atoms. The molecule has 1 amide bonds. The smallest absolute Gasteiger partial charge is 0.220 e. The number of carbonyl (C=O) groups excluding carboxylic acids is 1. The fourth-order valence-corrected chi connectivity index (χ4v) is 2.51. The number of ether oxygens (including phenoxy) is 1. The van der Waals surface area contributed by atoms with Crippen LogP contribution in [0.2, 0.25) is 0 Å². The molecule has 0 aliphatic rings. The summed E-state index contributed by atoms with van der Waals surface area (Å²) in [6.07, 6.45) is 8.26. The molecule has 126 valence electrons. The Morgan fingerprint density at radius 2 is 1.81 bits per heavy atom. The van der Waals surface area contributed by atoms with Crippen molar-refractivity contribution in [3.8, 4) is 0 Å². The highest BCUT2D eigenvalue weighted by atomic mass is 16.5. The summed E-state index contributed by atoms with van der Waals surface area (Å²) in [7, 11) is 1.72. The van der Waals surface area contributed by atoms with E-state index in [2.05, 4.69) is 38.3 Å². The van der Waals surface area contributed by atoms with Gasteiger partial charge in [-0.15, -0.1) is 0 Å². The third-order valence-electron chi connectivity index (χ3n) is 3.91. The fraction of sp³-hybridized carbons (Fsp3) is 0.941. The largest absolute Gasteiger partial charge is 0.367 e. The highest BCUT2D eigenvalue weighted by molar-refractivity contribution is 5.76. The molecule has 0 aliphatic carbocycles. The summed E-state index contributed by atoms with van der Waals surface area (Å²) in [6, 6.07) is 0.396. The van der Waals surface area contributed by atoms with Gasteiger partial charge in [-0.3, -0.25) is 10.1 Å². The second-order valence-corrected chi connectivity index (χ2v) is 5.86. The van der Waals surface area contributed by atoms with Gasteiger partial charge < -0.3 is 10.1 Å². The quantitative estimate of drug-likeness (QED) is 0.403. The average Bonchev–Trinajstić information content (AvgIpc) is 2.48. The third-order valence-corrected chi connectivity index (χ3v) is 3.91. The first-order valence-corrected chi connectivity index (χ1v) is 8.67. The van der Waals surface area contributed by atoms with E-state index in [9.17, 15) is 4.79 Å². The maximum Gasteiger partial charge on any atom is 0.220 e.